The summed E-state index contributed by atoms with van der Waals surface area (Å²) in [6.07, 6.45) is 0.906. The lowest BCUT2D eigenvalue weighted by atomic mass is 10.1. The van der Waals surface area contributed by atoms with Crippen LogP contribution < -0.4 is 5.32 Å². The smallest absolute Gasteiger partial charge is 0.0657 e. The van der Waals surface area contributed by atoms with Crippen molar-refractivity contribution < 1.29 is 9.84 Å². The first-order chi connectivity index (χ1) is 7.81. The molecule has 0 radical (unpaired) electrons. The van der Waals surface area contributed by atoms with Gasteiger partial charge in [0.1, 0.15) is 0 Å². The van der Waals surface area contributed by atoms with Crippen molar-refractivity contribution in [3.05, 3.63) is 35.9 Å². The van der Waals surface area contributed by atoms with E-state index in [4.69, 9.17) is 4.74 Å². The maximum Gasteiger partial charge on any atom is 0.0657 e. The van der Waals surface area contributed by atoms with Crippen LogP contribution in [-0.2, 0) is 4.74 Å². The average Bonchev–Trinajstić information content (AvgIpc) is 2.35. The minimum atomic E-state index is 0.125. The minimum Gasteiger partial charge on any atom is -0.395 e. The Labute approximate surface area is 97.4 Å². The fourth-order valence-corrected chi connectivity index (χ4v) is 1.68. The van der Waals surface area contributed by atoms with Crippen molar-refractivity contribution in [2.24, 2.45) is 0 Å². The van der Waals surface area contributed by atoms with Gasteiger partial charge < -0.3 is 15.2 Å². The van der Waals surface area contributed by atoms with Crippen molar-refractivity contribution >= 4 is 0 Å². The van der Waals surface area contributed by atoms with Crippen molar-refractivity contribution in [3.63, 3.8) is 0 Å². The van der Waals surface area contributed by atoms with Gasteiger partial charge in [-0.1, -0.05) is 37.3 Å². The summed E-state index contributed by atoms with van der Waals surface area (Å²) in [4.78, 5) is 0. The summed E-state index contributed by atoms with van der Waals surface area (Å²) in [5.74, 6) is 0. The van der Waals surface area contributed by atoms with Crippen LogP contribution in [0.5, 0.6) is 0 Å². The van der Waals surface area contributed by atoms with Crippen molar-refractivity contribution in [2.45, 2.75) is 25.4 Å². The summed E-state index contributed by atoms with van der Waals surface area (Å²) in [7, 11) is 1.69. The minimum absolute atomic E-state index is 0.125. The normalized spacial score (nSPS) is 14.7. The highest BCUT2D eigenvalue weighted by atomic mass is 16.5. The van der Waals surface area contributed by atoms with Crippen molar-refractivity contribution in [2.75, 3.05) is 20.3 Å². The van der Waals surface area contributed by atoms with E-state index in [1.54, 1.807) is 7.11 Å². The van der Waals surface area contributed by atoms with Gasteiger partial charge in [-0.2, -0.15) is 0 Å². The van der Waals surface area contributed by atoms with E-state index >= 15 is 0 Å². The van der Waals surface area contributed by atoms with Crippen LogP contribution in [0.3, 0.4) is 0 Å². The predicted octanol–water partition coefficient (Wildman–Crippen LogP) is 1.73. The van der Waals surface area contributed by atoms with Gasteiger partial charge in [-0.3, -0.25) is 0 Å². The number of benzene rings is 1. The van der Waals surface area contributed by atoms with Crippen LogP contribution in [0.1, 0.15) is 24.9 Å². The summed E-state index contributed by atoms with van der Waals surface area (Å²) < 4.78 is 5.20. The average molecular weight is 223 g/mol. The summed E-state index contributed by atoms with van der Waals surface area (Å²) >= 11 is 0. The molecule has 0 aromatic heterocycles. The fourth-order valence-electron chi connectivity index (χ4n) is 1.68. The van der Waals surface area contributed by atoms with Gasteiger partial charge >= 0.3 is 0 Å². The van der Waals surface area contributed by atoms with Gasteiger partial charge in [-0.15, -0.1) is 0 Å². The second-order valence-electron chi connectivity index (χ2n) is 3.87. The molecule has 0 saturated carbocycles. The summed E-state index contributed by atoms with van der Waals surface area (Å²) in [5.41, 5.74) is 1.19. The maximum atomic E-state index is 9.19. The molecule has 16 heavy (non-hydrogen) atoms. The van der Waals surface area contributed by atoms with Crippen LogP contribution in [0.25, 0.3) is 0 Å². The standard InChI is InChI=1S/C13H21NO2/c1-3-12(9-15)14-13(10-16-2)11-7-5-4-6-8-11/h4-8,12-15H,3,9-10H2,1-2H3/t12-,13?/m0/s1. The fraction of sp³-hybridized carbons (Fsp3) is 0.538. The van der Waals surface area contributed by atoms with Crippen molar-refractivity contribution in [1.82, 2.24) is 5.32 Å². The van der Waals surface area contributed by atoms with Crippen LogP contribution in [0.4, 0.5) is 0 Å². The van der Waals surface area contributed by atoms with Gasteiger partial charge in [0.15, 0.2) is 0 Å². The quantitative estimate of drug-likeness (QED) is 0.739. The number of nitrogens with one attached hydrogen (secondary N) is 1. The first-order valence-corrected chi connectivity index (χ1v) is 5.72. The van der Waals surface area contributed by atoms with E-state index in [2.05, 4.69) is 24.4 Å². The number of aliphatic hydroxyl groups excluding tert-OH is 1. The van der Waals surface area contributed by atoms with E-state index in [1.807, 2.05) is 18.2 Å². The van der Waals surface area contributed by atoms with Crippen LogP contribution in [0.15, 0.2) is 30.3 Å². The van der Waals surface area contributed by atoms with Gasteiger partial charge in [-0.05, 0) is 12.0 Å². The zero-order valence-electron chi connectivity index (χ0n) is 10.0. The lowest BCUT2D eigenvalue weighted by Crippen LogP contribution is -2.37. The number of ether oxygens (including phenoxy) is 1. The number of rotatable bonds is 7. The molecule has 0 amide bonds. The molecular weight excluding hydrogens is 202 g/mol. The molecule has 3 nitrogen and oxygen atoms in total. The molecule has 2 atom stereocenters. The maximum absolute atomic E-state index is 9.19. The van der Waals surface area contributed by atoms with Crippen molar-refractivity contribution in [1.29, 1.82) is 0 Å². The van der Waals surface area contributed by atoms with E-state index in [9.17, 15) is 5.11 Å². The molecule has 1 aromatic carbocycles. The Balaban J connectivity index is 2.67. The third kappa shape index (κ3) is 3.93. The summed E-state index contributed by atoms with van der Waals surface area (Å²) in [5, 5.41) is 12.6. The Bertz CT molecular complexity index is 273. The van der Waals surface area contributed by atoms with Gasteiger partial charge in [0.05, 0.1) is 19.3 Å². The molecule has 0 heterocycles. The Morgan fingerprint density at radius 3 is 2.50 bits per heavy atom. The Morgan fingerprint density at radius 2 is 2.00 bits per heavy atom. The number of hydrogen-bond donors (Lipinski definition) is 2. The summed E-state index contributed by atoms with van der Waals surface area (Å²) in [6.45, 7) is 2.83. The van der Waals surface area contributed by atoms with Crippen LogP contribution in [-0.4, -0.2) is 31.5 Å². The number of methoxy groups -OCH3 is 1. The highest BCUT2D eigenvalue weighted by molar-refractivity contribution is 5.19. The summed E-state index contributed by atoms with van der Waals surface area (Å²) in [6, 6.07) is 10.4. The molecule has 2 N–H and O–H groups in total. The zero-order chi connectivity index (χ0) is 11.8. The first kappa shape index (κ1) is 13.2. The number of aliphatic hydroxyl groups is 1. The topological polar surface area (TPSA) is 41.5 Å². The first-order valence-electron chi connectivity index (χ1n) is 5.72. The van der Waals surface area contributed by atoms with Gasteiger partial charge in [0.2, 0.25) is 0 Å². The molecule has 0 aliphatic rings. The highest BCUT2D eigenvalue weighted by Gasteiger charge is 2.14. The zero-order valence-corrected chi connectivity index (χ0v) is 10.0. The van der Waals surface area contributed by atoms with Crippen molar-refractivity contribution in [3.8, 4) is 0 Å². The molecule has 0 spiro atoms. The predicted molar refractivity (Wildman–Crippen MR) is 65.4 cm³/mol. The molecule has 0 fully saturated rings. The molecule has 1 aromatic rings. The van der Waals surface area contributed by atoms with Gasteiger partial charge in [-0.25, -0.2) is 0 Å². The lowest BCUT2D eigenvalue weighted by molar-refractivity contribution is 0.147. The molecule has 1 rings (SSSR count). The highest BCUT2D eigenvalue weighted by Crippen LogP contribution is 2.14. The Morgan fingerprint density at radius 1 is 1.31 bits per heavy atom. The lowest BCUT2D eigenvalue weighted by Gasteiger charge is -2.23. The molecule has 0 bridgehead atoms. The molecule has 0 saturated heterocycles. The molecule has 90 valence electrons. The molecule has 0 aliphatic heterocycles. The van der Waals surface area contributed by atoms with Crippen LogP contribution >= 0.6 is 0 Å². The van der Waals surface area contributed by atoms with E-state index in [0.717, 1.165) is 6.42 Å². The van der Waals surface area contributed by atoms with E-state index in [1.165, 1.54) is 5.56 Å². The van der Waals surface area contributed by atoms with Crippen LogP contribution in [0.2, 0.25) is 0 Å². The van der Waals surface area contributed by atoms with Gasteiger partial charge in [0, 0.05) is 13.2 Å². The molecular formula is C13H21NO2. The Hall–Kier alpha value is -0.900. The molecule has 1 unspecified atom stereocenters. The third-order valence-electron chi connectivity index (χ3n) is 2.69. The van der Waals surface area contributed by atoms with Crippen LogP contribution in [0, 0.1) is 0 Å². The van der Waals surface area contributed by atoms with E-state index in [0.29, 0.717) is 6.61 Å². The monoisotopic (exact) mass is 223 g/mol. The SMILES string of the molecule is CC[C@@H](CO)NC(COC)c1ccccc1. The van der Waals surface area contributed by atoms with Gasteiger partial charge in [0.25, 0.3) is 0 Å². The molecule has 3 heteroatoms. The largest absolute Gasteiger partial charge is 0.395 e. The Kier molecular flexibility index (Phi) is 6.08. The van der Waals surface area contributed by atoms with E-state index in [-0.39, 0.29) is 18.7 Å². The van der Waals surface area contributed by atoms with E-state index < -0.39 is 0 Å². The third-order valence-corrected chi connectivity index (χ3v) is 2.69. The molecule has 0 aliphatic carbocycles. The number of hydrogen-bond acceptors (Lipinski definition) is 3. The second kappa shape index (κ2) is 7.39. The second-order valence-corrected chi connectivity index (χ2v) is 3.87.